The molecule has 0 saturated heterocycles. The summed E-state index contributed by atoms with van der Waals surface area (Å²) in [4.78, 5) is 0. The van der Waals surface area contributed by atoms with Gasteiger partial charge in [0, 0.05) is 12.1 Å². The summed E-state index contributed by atoms with van der Waals surface area (Å²) in [6, 6.07) is 6.12. The summed E-state index contributed by atoms with van der Waals surface area (Å²) in [5.41, 5.74) is 2.54. The topological polar surface area (TPSA) is 41.5 Å². The predicted molar refractivity (Wildman–Crippen MR) is 86.9 cm³/mol. The highest BCUT2D eigenvalue weighted by atomic mass is 16.5. The van der Waals surface area contributed by atoms with Gasteiger partial charge in [-0.3, -0.25) is 0 Å². The normalized spacial score (nSPS) is 19.2. The van der Waals surface area contributed by atoms with Gasteiger partial charge in [-0.05, 0) is 45.2 Å². The van der Waals surface area contributed by atoms with E-state index in [4.69, 9.17) is 4.74 Å². The number of aryl methyl sites for hydroxylation is 2. The average molecular weight is 291 g/mol. The zero-order valence-electron chi connectivity index (χ0n) is 13.6. The lowest BCUT2D eigenvalue weighted by Crippen LogP contribution is -2.48. The average Bonchev–Trinajstić information content (AvgIpc) is 2.45. The van der Waals surface area contributed by atoms with Crippen molar-refractivity contribution < 1.29 is 9.84 Å². The van der Waals surface area contributed by atoms with Crippen LogP contribution in [0.4, 0.5) is 0 Å². The third-order valence-electron chi connectivity index (χ3n) is 4.48. The van der Waals surface area contributed by atoms with Crippen LogP contribution in [0.3, 0.4) is 0 Å². The maximum absolute atomic E-state index is 10.1. The van der Waals surface area contributed by atoms with Crippen molar-refractivity contribution in [1.82, 2.24) is 5.32 Å². The van der Waals surface area contributed by atoms with Crippen molar-refractivity contribution in [2.75, 3.05) is 13.2 Å². The van der Waals surface area contributed by atoms with E-state index < -0.39 is 6.10 Å². The summed E-state index contributed by atoms with van der Waals surface area (Å²) in [5.74, 6) is 0.864. The van der Waals surface area contributed by atoms with Crippen LogP contribution in [0.5, 0.6) is 5.75 Å². The Morgan fingerprint density at radius 2 is 1.95 bits per heavy atom. The number of hydrogen-bond donors (Lipinski definition) is 2. The van der Waals surface area contributed by atoms with Crippen LogP contribution >= 0.6 is 0 Å². The van der Waals surface area contributed by atoms with E-state index in [1.54, 1.807) is 0 Å². The largest absolute Gasteiger partial charge is 0.491 e. The predicted octanol–water partition coefficient (Wildman–Crippen LogP) is 3.36. The van der Waals surface area contributed by atoms with Gasteiger partial charge in [-0.25, -0.2) is 0 Å². The molecule has 1 aliphatic carbocycles. The summed E-state index contributed by atoms with van der Waals surface area (Å²) in [7, 11) is 0. The van der Waals surface area contributed by atoms with Gasteiger partial charge in [0.05, 0.1) is 0 Å². The fourth-order valence-electron chi connectivity index (χ4n) is 3.08. The third kappa shape index (κ3) is 5.01. The quantitative estimate of drug-likeness (QED) is 0.844. The first kappa shape index (κ1) is 16.3. The summed E-state index contributed by atoms with van der Waals surface area (Å²) in [6.45, 7) is 7.31. The smallest absolute Gasteiger partial charge is 0.122 e. The molecule has 2 rings (SSSR count). The standard InChI is InChI=1S/C18H29NO2/c1-14-7-8-17(15(2)11-14)21-13-16(20)12-19-18(3)9-5-4-6-10-18/h7-8,11,16,19-20H,4-6,9-10,12-13H2,1-3H3. The monoisotopic (exact) mass is 291 g/mol. The molecule has 21 heavy (non-hydrogen) atoms. The Bertz CT molecular complexity index is 453. The first-order chi connectivity index (χ1) is 9.98. The van der Waals surface area contributed by atoms with Gasteiger partial charge in [-0.2, -0.15) is 0 Å². The van der Waals surface area contributed by atoms with E-state index in [1.165, 1.54) is 37.7 Å². The summed E-state index contributed by atoms with van der Waals surface area (Å²) < 4.78 is 5.74. The van der Waals surface area contributed by atoms with Crippen molar-refractivity contribution in [2.45, 2.75) is 64.5 Å². The van der Waals surface area contributed by atoms with Crippen molar-refractivity contribution >= 4 is 0 Å². The number of aliphatic hydroxyl groups excluding tert-OH is 1. The highest BCUT2D eigenvalue weighted by Crippen LogP contribution is 2.27. The Morgan fingerprint density at radius 1 is 1.24 bits per heavy atom. The van der Waals surface area contributed by atoms with Gasteiger partial charge < -0.3 is 15.2 Å². The molecule has 0 spiro atoms. The van der Waals surface area contributed by atoms with Crippen LogP contribution in [0, 0.1) is 13.8 Å². The Kier molecular flexibility index (Phi) is 5.65. The lowest BCUT2D eigenvalue weighted by Gasteiger charge is -2.35. The SMILES string of the molecule is Cc1ccc(OCC(O)CNC2(C)CCCCC2)c(C)c1. The summed E-state index contributed by atoms with van der Waals surface area (Å²) in [6.07, 6.45) is 5.87. The van der Waals surface area contributed by atoms with Gasteiger partial charge >= 0.3 is 0 Å². The van der Waals surface area contributed by atoms with E-state index in [1.807, 2.05) is 19.1 Å². The van der Waals surface area contributed by atoms with Gasteiger partial charge in [0.15, 0.2) is 0 Å². The van der Waals surface area contributed by atoms with Crippen LogP contribution in [0.15, 0.2) is 18.2 Å². The van der Waals surface area contributed by atoms with Crippen LogP contribution < -0.4 is 10.1 Å². The molecule has 0 bridgehead atoms. The van der Waals surface area contributed by atoms with Gasteiger partial charge in [0.25, 0.3) is 0 Å². The van der Waals surface area contributed by atoms with Gasteiger partial charge in [-0.1, -0.05) is 37.0 Å². The zero-order valence-corrected chi connectivity index (χ0v) is 13.6. The molecular weight excluding hydrogens is 262 g/mol. The van der Waals surface area contributed by atoms with Crippen molar-refractivity contribution in [2.24, 2.45) is 0 Å². The Balaban J connectivity index is 1.75. The molecular formula is C18H29NO2. The minimum absolute atomic E-state index is 0.193. The maximum atomic E-state index is 10.1. The van der Waals surface area contributed by atoms with Crippen molar-refractivity contribution in [3.63, 3.8) is 0 Å². The van der Waals surface area contributed by atoms with Crippen molar-refractivity contribution in [3.8, 4) is 5.75 Å². The summed E-state index contributed by atoms with van der Waals surface area (Å²) in [5, 5.41) is 13.6. The molecule has 1 unspecified atom stereocenters. The molecule has 0 heterocycles. The fourth-order valence-corrected chi connectivity index (χ4v) is 3.08. The molecule has 3 nitrogen and oxygen atoms in total. The second-order valence-corrected chi connectivity index (χ2v) is 6.74. The number of benzene rings is 1. The van der Waals surface area contributed by atoms with Crippen LogP contribution in [0.25, 0.3) is 0 Å². The molecule has 0 amide bonds. The minimum Gasteiger partial charge on any atom is -0.491 e. The number of aliphatic hydroxyl groups is 1. The molecule has 0 aliphatic heterocycles. The fraction of sp³-hybridized carbons (Fsp3) is 0.667. The highest BCUT2D eigenvalue weighted by Gasteiger charge is 2.26. The first-order valence-electron chi connectivity index (χ1n) is 8.12. The third-order valence-corrected chi connectivity index (χ3v) is 4.48. The number of rotatable bonds is 6. The molecule has 1 aromatic rings. The van der Waals surface area contributed by atoms with E-state index in [0.29, 0.717) is 13.2 Å². The van der Waals surface area contributed by atoms with Gasteiger partial charge in [0.1, 0.15) is 18.5 Å². The first-order valence-corrected chi connectivity index (χ1v) is 8.12. The molecule has 118 valence electrons. The van der Waals surface area contributed by atoms with E-state index in [-0.39, 0.29) is 5.54 Å². The van der Waals surface area contributed by atoms with Crippen LogP contribution in [0.2, 0.25) is 0 Å². The van der Waals surface area contributed by atoms with Crippen LogP contribution in [-0.4, -0.2) is 29.9 Å². The molecule has 0 radical (unpaired) electrons. The van der Waals surface area contributed by atoms with Crippen molar-refractivity contribution in [1.29, 1.82) is 0 Å². The molecule has 2 N–H and O–H groups in total. The van der Waals surface area contributed by atoms with E-state index >= 15 is 0 Å². The maximum Gasteiger partial charge on any atom is 0.122 e. The number of hydrogen-bond acceptors (Lipinski definition) is 3. The van der Waals surface area contributed by atoms with Crippen LogP contribution in [0.1, 0.15) is 50.2 Å². The molecule has 1 aliphatic rings. The van der Waals surface area contributed by atoms with Crippen molar-refractivity contribution in [3.05, 3.63) is 29.3 Å². The van der Waals surface area contributed by atoms with Gasteiger partial charge in [-0.15, -0.1) is 0 Å². The Morgan fingerprint density at radius 3 is 2.62 bits per heavy atom. The van der Waals surface area contributed by atoms with Gasteiger partial charge in [0.2, 0.25) is 0 Å². The summed E-state index contributed by atoms with van der Waals surface area (Å²) >= 11 is 0. The van der Waals surface area contributed by atoms with Crippen LogP contribution in [-0.2, 0) is 0 Å². The number of β-amino-alcohol motifs (C(OH)–C–C–N with tert-alkyl or cyclic N) is 1. The Hall–Kier alpha value is -1.06. The highest BCUT2D eigenvalue weighted by molar-refractivity contribution is 5.35. The second-order valence-electron chi connectivity index (χ2n) is 6.74. The number of ether oxygens (including phenoxy) is 1. The lowest BCUT2D eigenvalue weighted by molar-refractivity contribution is 0.0927. The molecule has 0 aromatic heterocycles. The molecule has 1 atom stereocenters. The van der Waals surface area contributed by atoms with E-state index in [9.17, 15) is 5.11 Å². The molecule has 1 saturated carbocycles. The van der Waals surface area contributed by atoms with E-state index in [2.05, 4.69) is 25.2 Å². The van der Waals surface area contributed by atoms with E-state index in [0.717, 1.165) is 11.3 Å². The zero-order chi connectivity index (χ0) is 15.3. The molecule has 3 heteroatoms. The molecule has 1 aromatic carbocycles. The lowest BCUT2D eigenvalue weighted by atomic mass is 9.83. The Labute approximate surface area is 128 Å². The number of nitrogens with one attached hydrogen (secondary N) is 1. The second kappa shape index (κ2) is 7.28. The minimum atomic E-state index is -0.468. The molecule has 1 fully saturated rings.